The summed E-state index contributed by atoms with van der Waals surface area (Å²) in [4.78, 5) is 13.9. The fraction of sp³-hybridized carbons (Fsp3) is 0.125. The Bertz CT molecular complexity index is 296. The molecule has 0 aromatic carbocycles. The molecule has 0 saturated heterocycles. The van der Waals surface area contributed by atoms with Gasteiger partial charge >= 0.3 is 0 Å². The first-order chi connectivity index (χ1) is 4.86. The van der Waals surface area contributed by atoms with Crippen molar-refractivity contribution in [3.05, 3.63) is 29.6 Å². The third-order valence-electron chi connectivity index (χ3n) is 1.67. The quantitative estimate of drug-likeness (QED) is 0.565. The van der Waals surface area contributed by atoms with Gasteiger partial charge in [0.25, 0.3) is 0 Å². The summed E-state index contributed by atoms with van der Waals surface area (Å²) < 4.78 is 0. The molecule has 0 bridgehead atoms. The molecule has 0 unspecified atom stereocenters. The minimum atomic E-state index is 0.187. The van der Waals surface area contributed by atoms with Crippen LogP contribution in [0.25, 0.3) is 6.08 Å². The predicted octanol–water partition coefficient (Wildman–Crippen LogP) is 1.15. The van der Waals surface area contributed by atoms with Crippen LogP contribution in [0.1, 0.15) is 11.3 Å². The molecule has 2 nitrogen and oxygen atoms in total. The number of rotatable bonds is 0. The number of fused-ring (bicyclic) bond motifs is 1. The molecule has 0 fully saturated rings. The number of ketones is 1. The molecule has 1 aliphatic carbocycles. The Kier molecular flexibility index (Phi) is 1.01. The lowest BCUT2D eigenvalue weighted by atomic mass is 10.0. The van der Waals surface area contributed by atoms with E-state index in [2.05, 4.69) is 4.98 Å². The van der Waals surface area contributed by atoms with E-state index in [1.807, 2.05) is 18.3 Å². The normalized spacial score (nSPS) is 15.4. The zero-order valence-corrected chi connectivity index (χ0v) is 5.42. The topological polar surface area (TPSA) is 32.9 Å². The number of hydrogen-bond donors (Lipinski definition) is 1. The van der Waals surface area contributed by atoms with E-state index in [1.54, 1.807) is 6.08 Å². The van der Waals surface area contributed by atoms with Crippen LogP contribution in [0.15, 0.2) is 18.3 Å². The van der Waals surface area contributed by atoms with Crippen LogP contribution in [-0.4, -0.2) is 10.8 Å². The van der Waals surface area contributed by atoms with Crippen LogP contribution < -0.4 is 0 Å². The van der Waals surface area contributed by atoms with Gasteiger partial charge in [0, 0.05) is 18.3 Å². The van der Waals surface area contributed by atoms with E-state index in [0.29, 0.717) is 6.42 Å². The van der Waals surface area contributed by atoms with Gasteiger partial charge in [-0.05, 0) is 23.8 Å². The van der Waals surface area contributed by atoms with E-state index in [9.17, 15) is 4.79 Å². The molecule has 1 aromatic heterocycles. The number of allylic oxidation sites excluding steroid dienone is 1. The lowest BCUT2D eigenvalue weighted by Crippen LogP contribution is -2.02. The van der Waals surface area contributed by atoms with Crippen LogP contribution in [0.3, 0.4) is 0 Å². The van der Waals surface area contributed by atoms with Gasteiger partial charge in [-0.1, -0.05) is 0 Å². The zero-order valence-electron chi connectivity index (χ0n) is 5.42. The van der Waals surface area contributed by atoms with Crippen LogP contribution >= 0.6 is 0 Å². The number of aromatic amines is 1. The van der Waals surface area contributed by atoms with Crippen molar-refractivity contribution in [1.29, 1.82) is 0 Å². The highest BCUT2D eigenvalue weighted by atomic mass is 16.1. The van der Waals surface area contributed by atoms with E-state index < -0.39 is 0 Å². The summed E-state index contributed by atoms with van der Waals surface area (Å²) in [7, 11) is 0. The Morgan fingerprint density at radius 3 is 3.20 bits per heavy atom. The van der Waals surface area contributed by atoms with Crippen LogP contribution in [-0.2, 0) is 11.2 Å². The largest absolute Gasteiger partial charge is 0.361 e. The van der Waals surface area contributed by atoms with Gasteiger partial charge in [-0.15, -0.1) is 0 Å². The van der Waals surface area contributed by atoms with Crippen LogP contribution in [0.2, 0.25) is 0 Å². The van der Waals surface area contributed by atoms with Gasteiger partial charge in [-0.2, -0.15) is 0 Å². The smallest absolute Gasteiger partial charge is 0.160 e. The van der Waals surface area contributed by atoms with Gasteiger partial charge in [-0.25, -0.2) is 0 Å². The molecule has 1 heterocycles. The maximum absolute atomic E-state index is 10.8. The van der Waals surface area contributed by atoms with Crippen molar-refractivity contribution < 1.29 is 4.79 Å². The molecule has 0 aliphatic heterocycles. The number of H-pyrrole nitrogens is 1. The third-order valence-corrected chi connectivity index (χ3v) is 1.67. The fourth-order valence-electron chi connectivity index (χ4n) is 1.15. The summed E-state index contributed by atoms with van der Waals surface area (Å²) in [5, 5.41) is 0. The molecule has 0 atom stereocenters. The number of aromatic nitrogens is 1. The Balaban J connectivity index is 2.52. The van der Waals surface area contributed by atoms with E-state index in [0.717, 1.165) is 11.3 Å². The van der Waals surface area contributed by atoms with Gasteiger partial charge < -0.3 is 4.98 Å². The summed E-state index contributed by atoms with van der Waals surface area (Å²) in [5.41, 5.74) is 2.17. The number of nitrogens with one attached hydrogen (secondary N) is 1. The Hall–Kier alpha value is -1.31. The standard InChI is InChI=1S/C8H7NO/c10-7-1-2-8-6(5-7)3-4-9-8/h1-4,9H,5H2. The number of hydrogen-bond acceptors (Lipinski definition) is 1. The molecule has 0 saturated carbocycles. The first-order valence-corrected chi connectivity index (χ1v) is 3.23. The monoisotopic (exact) mass is 133 g/mol. The molecular weight excluding hydrogens is 126 g/mol. The predicted molar refractivity (Wildman–Crippen MR) is 38.5 cm³/mol. The van der Waals surface area contributed by atoms with Crippen LogP contribution in [0, 0.1) is 0 Å². The van der Waals surface area contributed by atoms with Crippen molar-refractivity contribution in [3.63, 3.8) is 0 Å². The minimum Gasteiger partial charge on any atom is -0.361 e. The molecule has 0 spiro atoms. The van der Waals surface area contributed by atoms with Gasteiger partial charge in [0.2, 0.25) is 0 Å². The Labute approximate surface area is 58.6 Å². The maximum Gasteiger partial charge on any atom is 0.160 e. The van der Waals surface area contributed by atoms with Crippen molar-refractivity contribution in [2.45, 2.75) is 6.42 Å². The Morgan fingerprint density at radius 1 is 1.40 bits per heavy atom. The fourth-order valence-corrected chi connectivity index (χ4v) is 1.15. The second-order valence-electron chi connectivity index (χ2n) is 2.39. The van der Waals surface area contributed by atoms with Crippen molar-refractivity contribution in [2.24, 2.45) is 0 Å². The zero-order chi connectivity index (χ0) is 6.97. The second-order valence-corrected chi connectivity index (χ2v) is 2.39. The molecule has 1 aliphatic rings. The molecule has 0 amide bonds. The van der Waals surface area contributed by atoms with Crippen LogP contribution in [0.4, 0.5) is 0 Å². The molecule has 0 radical (unpaired) electrons. The Morgan fingerprint density at radius 2 is 2.30 bits per heavy atom. The maximum atomic E-state index is 10.8. The van der Waals surface area contributed by atoms with E-state index in [1.165, 1.54) is 0 Å². The third kappa shape index (κ3) is 0.692. The lowest BCUT2D eigenvalue weighted by molar-refractivity contribution is -0.114. The number of carbonyl (C=O) groups is 1. The van der Waals surface area contributed by atoms with Crippen molar-refractivity contribution >= 4 is 11.9 Å². The average Bonchev–Trinajstić information content (AvgIpc) is 2.33. The SMILES string of the molecule is O=C1C=Cc2[nH]ccc2C1. The average molecular weight is 133 g/mol. The van der Waals surface area contributed by atoms with E-state index >= 15 is 0 Å². The van der Waals surface area contributed by atoms with Gasteiger partial charge in [0.15, 0.2) is 5.78 Å². The van der Waals surface area contributed by atoms with Crippen molar-refractivity contribution in [2.75, 3.05) is 0 Å². The van der Waals surface area contributed by atoms with Gasteiger partial charge in [0.1, 0.15) is 0 Å². The van der Waals surface area contributed by atoms with Gasteiger partial charge in [-0.3, -0.25) is 4.79 Å². The van der Waals surface area contributed by atoms with Crippen molar-refractivity contribution in [3.8, 4) is 0 Å². The van der Waals surface area contributed by atoms with Crippen molar-refractivity contribution in [1.82, 2.24) is 4.98 Å². The van der Waals surface area contributed by atoms with E-state index in [-0.39, 0.29) is 5.78 Å². The number of carbonyl (C=O) groups excluding carboxylic acids is 1. The molecule has 50 valence electrons. The summed E-state index contributed by atoms with van der Waals surface area (Å²) in [6.07, 6.45) is 5.84. The second kappa shape index (κ2) is 1.84. The summed E-state index contributed by atoms with van der Waals surface area (Å²) >= 11 is 0. The summed E-state index contributed by atoms with van der Waals surface area (Å²) in [5.74, 6) is 0.187. The highest BCUT2D eigenvalue weighted by Crippen LogP contribution is 2.14. The molecule has 2 rings (SSSR count). The highest BCUT2D eigenvalue weighted by Gasteiger charge is 2.09. The minimum absolute atomic E-state index is 0.187. The first-order valence-electron chi connectivity index (χ1n) is 3.23. The molecule has 2 heteroatoms. The highest BCUT2D eigenvalue weighted by molar-refractivity contribution is 5.97. The van der Waals surface area contributed by atoms with Crippen LogP contribution in [0.5, 0.6) is 0 Å². The van der Waals surface area contributed by atoms with E-state index in [4.69, 9.17) is 0 Å². The summed E-state index contributed by atoms with van der Waals surface area (Å²) in [6, 6.07) is 1.94. The lowest BCUT2D eigenvalue weighted by Gasteiger charge is -2.01. The molecule has 10 heavy (non-hydrogen) atoms. The first kappa shape index (κ1) is 5.47. The summed E-state index contributed by atoms with van der Waals surface area (Å²) in [6.45, 7) is 0. The van der Waals surface area contributed by atoms with Gasteiger partial charge in [0.05, 0.1) is 0 Å². The molecule has 1 aromatic rings. The molecular formula is C8H7NO. The molecule has 1 N–H and O–H groups in total.